The molecule has 1 unspecified atom stereocenters. The van der Waals surface area contributed by atoms with Crippen molar-refractivity contribution in [2.45, 2.75) is 12.5 Å². The van der Waals surface area contributed by atoms with Crippen LogP contribution in [-0.4, -0.2) is 25.0 Å². The van der Waals surface area contributed by atoms with Crippen LogP contribution in [0.25, 0.3) is 0 Å². The first-order chi connectivity index (χ1) is 7.65. The highest BCUT2D eigenvalue weighted by atomic mass is 35.5. The Bertz CT molecular complexity index is 399. The number of hydrogen-bond donors (Lipinski definition) is 2. The molecule has 1 aromatic carbocycles. The molecule has 5 heteroatoms. The van der Waals surface area contributed by atoms with Crippen LogP contribution in [0.4, 0.5) is 0 Å². The average Bonchev–Trinajstić information content (AvgIpc) is 2.27. The van der Waals surface area contributed by atoms with E-state index >= 15 is 0 Å². The summed E-state index contributed by atoms with van der Waals surface area (Å²) < 4.78 is 0. The van der Waals surface area contributed by atoms with Crippen LogP contribution >= 0.6 is 23.2 Å². The third kappa shape index (κ3) is 2.88. The van der Waals surface area contributed by atoms with Crippen molar-refractivity contribution in [2.75, 3.05) is 13.1 Å². The second kappa shape index (κ2) is 5.04. The van der Waals surface area contributed by atoms with E-state index in [0.717, 1.165) is 12.0 Å². The number of carbonyl (C=O) groups is 1. The van der Waals surface area contributed by atoms with E-state index < -0.39 is 0 Å². The van der Waals surface area contributed by atoms with Crippen molar-refractivity contribution in [1.82, 2.24) is 10.6 Å². The molecule has 86 valence electrons. The monoisotopic (exact) mass is 258 g/mol. The maximum absolute atomic E-state index is 11.0. The van der Waals surface area contributed by atoms with Crippen LogP contribution in [0, 0.1) is 0 Å². The molecular weight excluding hydrogens is 247 g/mol. The molecule has 2 N–H and O–H groups in total. The Morgan fingerprint density at radius 1 is 1.38 bits per heavy atom. The molecule has 1 saturated heterocycles. The minimum atomic E-state index is 0.0356. The zero-order chi connectivity index (χ0) is 11.5. The van der Waals surface area contributed by atoms with Crippen LogP contribution in [0.2, 0.25) is 10.0 Å². The van der Waals surface area contributed by atoms with E-state index in [1.807, 2.05) is 6.07 Å². The van der Waals surface area contributed by atoms with Crippen LogP contribution < -0.4 is 10.6 Å². The third-order valence-corrected chi connectivity index (χ3v) is 3.17. The van der Waals surface area contributed by atoms with Crippen molar-refractivity contribution in [3.63, 3.8) is 0 Å². The van der Waals surface area contributed by atoms with E-state index in [2.05, 4.69) is 10.6 Å². The van der Waals surface area contributed by atoms with E-state index in [4.69, 9.17) is 23.2 Å². The Labute approximate surface area is 104 Å². The van der Waals surface area contributed by atoms with Gasteiger partial charge in [0.05, 0.1) is 6.54 Å². The van der Waals surface area contributed by atoms with Crippen LogP contribution in [-0.2, 0) is 11.2 Å². The standard InChI is InChI=1S/C11H12Cl2N2O/c12-8-1-2-10(13)7(3-8)4-9-5-15-11(16)6-14-9/h1-3,9,14H,4-6H2,(H,15,16). The number of carbonyl (C=O) groups excluding carboxylic acids is 1. The molecule has 1 aliphatic rings. The molecule has 0 radical (unpaired) electrons. The molecule has 1 heterocycles. The van der Waals surface area contributed by atoms with Crippen molar-refractivity contribution in [3.05, 3.63) is 33.8 Å². The van der Waals surface area contributed by atoms with E-state index in [1.54, 1.807) is 12.1 Å². The highest BCUT2D eigenvalue weighted by molar-refractivity contribution is 6.33. The van der Waals surface area contributed by atoms with E-state index in [9.17, 15) is 4.79 Å². The quantitative estimate of drug-likeness (QED) is 0.847. The molecule has 16 heavy (non-hydrogen) atoms. The first kappa shape index (κ1) is 11.7. The topological polar surface area (TPSA) is 41.1 Å². The fraction of sp³-hybridized carbons (Fsp3) is 0.364. The zero-order valence-electron chi connectivity index (χ0n) is 8.59. The van der Waals surface area contributed by atoms with Crippen molar-refractivity contribution >= 4 is 29.1 Å². The largest absolute Gasteiger partial charge is 0.353 e. The summed E-state index contributed by atoms with van der Waals surface area (Å²) in [7, 11) is 0. The Hall–Kier alpha value is -0.770. The summed E-state index contributed by atoms with van der Waals surface area (Å²) in [5.41, 5.74) is 1.00. The van der Waals surface area contributed by atoms with Gasteiger partial charge in [-0.25, -0.2) is 0 Å². The molecule has 2 rings (SSSR count). The van der Waals surface area contributed by atoms with Gasteiger partial charge in [-0.3, -0.25) is 4.79 Å². The molecule has 0 aliphatic carbocycles. The van der Waals surface area contributed by atoms with Gasteiger partial charge < -0.3 is 10.6 Å². The maximum atomic E-state index is 11.0. The van der Waals surface area contributed by atoms with Gasteiger partial charge in [0.25, 0.3) is 0 Å². The normalized spacial score (nSPS) is 20.6. The summed E-state index contributed by atoms with van der Waals surface area (Å²) in [5.74, 6) is 0.0356. The van der Waals surface area contributed by atoms with Crippen LogP contribution in [0.1, 0.15) is 5.56 Å². The lowest BCUT2D eigenvalue weighted by Gasteiger charge is -2.24. The Morgan fingerprint density at radius 3 is 2.88 bits per heavy atom. The molecule has 1 aromatic rings. The minimum Gasteiger partial charge on any atom is -0.353 e. The lowest BCUT2D eigenvalue weighted by Crippen LogP contribution is -2.52. The molecule has 1 aliphatic heterocycles. The average molecular weight is 259 g/mol. The summed E-state index contributed by atoms with van der Waals surface area (Å²) in [6.45, 7) is 0.991. The van der Waals surface area contributed by atoms with Gasteiger partial charge in [0.15, 0.2) is 0 Å². The third-order valence-electron chi connectivity index (χ3n) is 2.57. The van der Waals surface area contributed by atoms with Crippen LogP contribution in [0.15, 0.2) is 18.2 Å². The highest BCUT2D eigenvalue weighted by Gasteiger charge is 2.18. The Kier molecular flexibility index (Phi) is 3.69. The number of benzene rings is 1. The molecule has 3 nitrogen and oxygen atoms in total. The zero-order valence-corrected chi connectivity index (χ0v) is 10.1. The van der Waals surface area contributed by atoms with Crippen molar-refractivity contribution in [2.24, 2.45) is 0 Å². The summed E-state index contributed by atoms with van der Waals surface area (Å²) >= 11 is 12.0. The summed E-state index contributed by atoms with van der Waals surface area (Å²) in [6.07, 6.45) is 0.764. The summed E-state index contributed by atoms with van der Waals surface area (Å²) in [5, 5.41) is 7.35. The predicted octanol–water partition coefficient (Wildman–Crippen LogP) is 1.62. The van der Waals surface area contributed by atoms with Gasteiger partial charge in [-0.2, -0.15) is 0 Å². The lowest BCUT2D eigenvalue weighted by atomic mass is 10.0. The number of rotatable bonds is 2. The van der Waals surface area contributed by atoms with Gasteiger partial charge >= 0.3 is 0 Å². The van der Waals surface area contributed by atoms with E-state index in [0.29, 0.717) is 23.1 Å². The fourth-order valence-electron chi connectivity index (χ4n) is 1.72. The number of amides is 1. The summed E-state index contributed by atoms with van der Waals surface area (Å²) in [6, 6.07) is 5.64. The molecular formula is C11H12Cl2N2O. The molecule has 1 atom stereocenters. The first-order valence-electron chi connectivity index (χ1n) is 5.09. The van der Waals surface area contributed by atoms with Gasteiger partial charge in [-0.05, 0) is 30.2 Å². The van der Waals surface area contributed by atoms with Gasteiger partial charge in [0.2, 0.25) is 5.91 Å². The van der Waals surface area contributed by atoms with Gasteiger partial charge in [0.1, 0.15) is 0 Å². The van der Waals surface area contributed by atoms with Crippen LogP contribution in [0.5, 0.6) is 0 Å². The number of halogens is 2. The SMILES string of the molecule is O=C1CNC(Cc2cc(Cl)ccc2Cl)CN1. The number of nitrogens with one attached hydrogen (secondary N) is 2. The van der Waals surface area contributed by atoms with Crippen LogP contribution in [0.3, 0.4) is 0 Å². The van der Waals surface area contributed by atoms with Crippen molar-refractivity contribution in [1.29, 1.82) is 0 Å². The number of hydrogen-bond acceptors (Lipinski definition) is 2. The molecule has 0 aromatic heterocycles. The second-order valence-electron chi connectivity index (χ2n) is 3.82. The Balaban J connectivity index is 2.03. The predicted molar refractivity (Wildman–Crippen MR) is 65.0 cm³/mol. The fourth-order valence-corrected chi connectivity index (χ4v) is 2.11. The van der Waals surface area contributed by atoms with Crippen molar-refractivity contribution in [3.8, 4) is 0 Å². The molecule has 1 fully saturated rings. The van der Waals surface area contributed by atoms with Gasteiger partial charge in [-0.1, -0.05) is 23.2 Å². The van der Waals surface area contributed by atoms with E-state index in [1.165, 1.54) is 0 Å². The molecule has 1 amide bonds. The molecule has 0 bridgehead atoms. The maximum Gasteiger partial charge on any atom is 0.234 e. The highest BCUT2D eigenvalue weighted by Crippen LogP contribution is 2.21. The van der Waals surface area contributed by atoms with E-state index in [-0.39, 0.29) is 11.9 Å². The number of piperazine rings is 1. The first-order valence-corrected chi connectivity index (χ1v) is 5.85. The molecule has 0 saturated carbocycles. The minimum absolute atomic E-state index is 0.0356. The smallest absolute Gasteiger partial charge is 0.234 e. The molecule has 0 spiro atoms. The van der Waals surface area contributed by atoms with Gasteiger partial charge in [0, 0.05) is 22.6 Å². The summed E-state index contributed by atoms with van der Waals surface area (Å²) in [4.78, 5) is 11.0. The second-order valence-corrected chi connectivity index (χ2v) is 4.67. The Morgan fingerprint density at radius 2 is 2.19 bits per heavy atom. The lowest BCUT2D eigenvalue weighted by molar-refractivity contribution is -0.121. The van der Waals surface area contributed by atoms with Crippen molar-refractivity contribution < 1.29 is 4.79 Å². The van der Waals surface area contributed by atoms with Gasteiger partial charge in [-0.15, -0.1) is 0 Å².